The number of amides is 1. The third kappa shape index (κ3) is 4.63. The third-order valence-electron chi connectivity index (χ3n) is 4.37. The number of hydrogen-bond acceptors (Lipinski definition) is 4. The van der Waals surface area contributed by atoms with Crippen molar-refractivity contribution >= 4 is 5.91 Å². The lowest BCUT2D eigenvalue weighted by atomic mass is 10.1. The van der Waals surface area contributed by atoms with Gasteiger partial charge in [0.15, 0.2) is 0 Å². The van der Waals surface area contributed by atoms with Gasteiger partial charge in [-0.25, -0.2) is 14.1 Å². The SMILES string of the molecule is Cc1nc(C)n(CC2CN(C(=O)CCc3ccc(F)cc3)CCO2)n1. The van der Waals surface area contributed by atoms with Crippen LogP contribution >= 0.6 is 0 Å². The lowest BCUT2D eigenvalue weighted by Crippen LogP contribution is -2.47. The Balaban J connectivity index is 1.52. The number of aromatic nitrogens is 3. The number of halogens is 1. The van der Waals surface area contributed by atoms with Crippen LogP contribution in [-0.2, 0) is 22.5 Å². The molecule has 1 aromatic carbocycles. The van der Waals surface area contributed by atoms with Gasteiger partial charge in [0.05, 0.1) is 19.3 Å². The van der Waals surface area contributed by atoms with Crippen molar-refractivity contribution in [3.05, 3.63) is 47.3 Å². The zero-order valence-corrected chi connectivity index (χ0v) is 14.6. The molecular formula is C18H23FN4O2. The van der Waals surface area contributed by atoms with Crippen molar-refractivity contribution < 1.29 is 13.9 Å². The van der Waals surface area contributed by atoms with E-state index in [0.717, 1.165) is 17.2 Å². The fraction of sp³-hybridized carbons (Fsp3) is 0.500. The van der Waals surface area contributed by atoms with Gasteiger partial charge in [-0.2, -0.15) is 5.10 Å². The number of carbonyl (C=O) groups is 1. The number of aryl methyl sites for hydroxylation is 3. The molecule has 3 rings (SSSR count). The smallest absolute Gasteiger partial charge is 0.223 e. The Labute approximate surface area is 146 Å². The second-order valence-corrected chi connectivity index (χ2v) is 6.35. The summed E-state index contributed by atoms with van der Waals surface area (Å²) in [5.74, 6) is 1.43. The number of benzene rings is 1. The summed E-state index contributed by atoms with van der Waals surface area (Å²) in [5, 5.41) is 4.35. The number of rotatable bonds is 5. The number of hydrogen-bond donors (Lipinski definition) is 0. The topological polar surface area (TPSA) is 60.2 Å². The van der Waals surface area contributed by atoms with Gasteiger partial charge >= 0.3 is 0 Å². The molecule has 0 spiro atoms. The van der Waals surface area contributed by atoms with Gasteiger partial charge in [-0.3, -0.25) is 4.79 Å². The van der Waals surface area contributed by atoms with Gasteiger partial charge in [0.2, 0.25) is 5.91 Å². The van der Waals surface area contributed by atoms with Crippen molar-refractivity contribution in [2.24, 2.45) is 0 Å². The highest BCUT2D eigenvalue weighted by molar-refractivity contribution is 5.76. The molecule has 1 fully saturated rings. The van der Waals surface area contributed by atoms with Gasteiger partial charge in [-0.1, -0.05) is 12.1 Å². The first kappa shape index (κ1) is 17.5. The van der Waals surface area contributed by atoms with Crippen LogP contribution in [0, 0.1) is 19.7 Å². The zero-order valence-electron chi connectivity index (χ0n) is 14.6. The van der Waals surface area contributed by atoms with E-state index in [4.69, 9.17) is 4.74 Å². The molecule has 2 aromatic rings. The average Bonchev–Trinajstić information content (AvgIpc) is 2.91. The molecule has 1 atom stereocenters. The van der Waals surface area contributed by atoms with Crippen LogP contribution in [0.4, 0.5) is 4.39 Å². The molecule has 7 heteroatoms. The van der Waals surface area contributed by atoms with Gasteiger partial charge < -0.3 is 9.64 Å². The molecule has 0 N–H and O–H groups in total. The molecule has 1 amide bonds. The second-order valence-electron chi connectivity index (χ2n) is 6.35. The quantitative estimate of drug-likeness (QED) is 0.830. The summed E-state index contributed by atoms with van der Waals surface area (Å²) >= 11 is 0. The highest BCUT2D eigenvalue weighted by Crippen LogP contribution is 2.12. The summed E-state index contributed by atoms with van der Waals surface area (Å²) < 4.78 is 20.5. The maximum atomic E-state index is 12.9. The molecule has 0 aliphatic carbocycles. The lowest BCUT2D eigenvalue weighted by Gasteiger charge is -2.33. The fourth-order valence-electron chi connectivity index (χ4n) is 3.04. The zero-order chi connectivity index (χ0) is 17.8. The number of carbonyl (C=O) groups excluding carboxylic acids is 1. The molecule has 1 aliphatic rings. The maximum absolute atomic E-state index is 12.9. The van der Waals surface area contributed by atoms with E-state index in [1.54, 1.807) is 12.1 Å². The van der Waals surface area contributed by atoms with Gasteiger partial charge in [0, 0.05) is 19.5 Å². The standard InChI is InChI=1S/C18H23FN4O2/c1-13-20-14(2)23(21-13)12-17-11-22(9-10-25-17)18(24)8-5-15-3-6-16(19)7-4-15/h3-4,6-7,17H,5,8-12H2,1-2H3. The van der Waals surface area contributed by atoms with E-state index in [2.05, 4.69) is 10.1 Å². The van der Waals surface area contributed by atoms with Crippen LogP contribution < -0.4 is 0 Å². The number of nitrogens with zero attached hydrogens (tertiary/aromatic N) is 4. The van der Waals surface area contributed by atoms with Gasteiger partial charge in [-0.05, 0) is 38.0 Å². The van der Waals surface area contributed by atoms with Gasteiger partial charge in [-0.15, -0.1) is 0 Å². The second kappa shape index (κ2) is 7.74. The summed E-state index contributed by atoms with van der Waals surface area (Å²) in [4.78, 5) is 18.6. The van der Waals surface area contributed by atoms with E-state index in [1.807, 2.05) is 23.4 Å². The summed E-state index contributed by atoms with van der Waals surface area (Å²) in [7, 11) is 0. The molecule has 25 heavy (non-hydrogen) atoms. The first-order valence-corrected chi connectivity index (χ1v) is 8.53. The highest BCUT2D eigenvalue weighted by Gasteiger charge is 2.25. The third-order valence-corrected chi connectivity index (χ3v) is 4.37. The van der Waals surface area contributed by atoms with Crippen LogP contribution in [0.2, 0.25) is 0 Å². The van der Waals surface area contributed by atoms with E-state index in [0.29, 0.717) is 39.1 Å². The lowest BCUT2D eigenvalue weighted by molar-refractivity contribution is -0.139. The average molecular weight is 346 g/mol. The van der Waals surface area contributed by atoms with Crippen molar-refractivity contribution in [1.82, 2.24) is 19.7 Å². The molecule has 1 saturated heterocycles. The van der Waals surface area contributed by atoms with E-state index in [1.165, 1.54) is 12.1 Å². The molecule has 134 valence electrons. The Bertz CT molecular complexity index is 729. The van der Waals surface area contributed by atoms with Gasteiger partial charge in [0.1, 0.15) is 17.5 Å². The Morgan fingerprint density at radius 3 is 2.76 bits per heavy atom. The molecule has 1 unspecified atom stereocenters. The van der Waals surface area contributed by atoms with Crippen LogP contribution in [0.5, 0.6) is 0 Å². The highest BCUT2D eigenvalue weighted by atomic mass is 19.1. The molecule has 0 saturated carbocycles. The van der Waals surface area contributed by atoms with Crippen LogP contribution in [0.15, 0.2) is 24.3 Å². The van der Waals surface area contributed by atoms with Crippen molar-refractivity contribution in [1.29, 1.82) is 0 Å². The molecule has 6 nitrogen and oxygen atoms in total. The summed E-state index contributed by atoms with van der Waals surface area (Å²) in [6.45, 7) is 6.05. The molecule has 1 aromatic heterocycles. The maximum Gasteiger partial charge on any atom is 0.223 e. The van der Waals surface area contributed by atoms with E-state index in [9.17, 15) is 9.18 Å². The summed E-state index contributed by atoms with van der Waals surface area (Å²) in [6.07, 6.45) is 0.950. The predicted octanol–water partition coefficient (Wildman–Crippen LogP) is 1.89. The Kier molecular flexibility index (Phi) is 5.43. The van der Waals surface area contributed by atoms with Crippen LogP contribution in [0.3, 0.4) is 0 Å². The predicted molar refractivity (Wildman–Crippen MR) is 90.5 cm³/mol. The van der Waals surface area contributed by atoms with E-state index < -0.39 is 0 Å². The van der Waals surface area contributed by atoms with Crippen molar-refractivity contribution in [3.63, 3.8) is 0 Å². The Morgan fingerprint density at radius 1 is 1.32 bits per heavy atom. The fourth-order valence-corrected chi connectivity index (χ4v) is 3.04. The minimum Gasteiger partial charge on any atom is -0.373 e. The van der Waals surface area contributed by atoms with Crippen molar-refractivity contribution in [2.75, 3.05) is 19.7 Å². The van der Waals surface area contributed by atoms with E-state index >= 15 is 0 Å². The van der Waals surface area contributed by atoms with Crippen LogP contribution in [-0.4, -0.2) is 51.4 Å². The van der Waals surface area contributed by atoms with Crippen molar-refractivity contribution in [2.45, 2.75) is 39.3 Å². The first-order valence-electron chi connectivity index (χ1n) is 8.53. The largest absolute Gasteiger partial charge is 0.373 e. The number of morpholine rings is 1. The summed E-state index contributed by atoms with van der Waals surface area (Å²) in [5.41, 5.74) is 0.966. The van der Waals surface area contributed by atoms with E-state index in [-0.39, 0.29) is 17.8 Å². The minimum absolute atomic E-state index is 0.0803. The molecule has 0 radical (unpaired) electrons. The molecule has 2 heterocycles. The normalized spacial score (nSPS) is 17.7. The number of ether oxygens (including phenoxy) is 1. The molecular weight excluding hydrogens is 323 g/mol. The van der Waals surface area contributed by atoms with Crippen LogP contribution in [0.1, 0.15) is 23.6 Å². The molecule has 0 bridgehead atoms. The Morgan fingerprint density at radius 2 is 2.08 bits per heavy atom. The Hall–Kier alpha value is -2.28. The first-order chi connectivity index (χ1) is 12.0. The van der Waals surface area contributed by atoms with Crippen molar-refractivity contribution in [3.8, 4) is 0 Å². The van der Waals surface area contributed by atoms with Crippen LogP contribution in [0.25, 0.3) is 0 Å². The van der Waals surface area contributed by atoms with Gasteiger partial charge in [0.25, 0.3) is 0 Å². The minimum atomic E-state index is -0.260. The molecule has 1 aliphatic heterocycles. The summed E-state index contributed by atoms with van der Waals surface area (Å²) in [6, 6.07) is 6.29. The monoisotopic (exact) mass is 346 g/mol.